The summed E-state index contributed by atoms with van der Waals surface area (Å²) in [6.45, 7) is 6.14. The van der Waals surface area contributed by atoms with Crippen LogP contribution in [0, 0.1) is 5.92 Å². The lowest BCUT2D eigenvalue weighted by atomic mass is 10.1. The molecule has 6 nitrogen and oxygen atoms in total. The Hall–Kier alpha value is -1.59. The van der Waals surface area contributed by atoms with Crippen molar-refractivity contribution in [3.05, 3.63) is 0 Å². The third-order valence-corrected chi connectivity index (χ3v) is 2.29. The molecule has 0 saturated carbocycles. The van der Waals surface area contributed by atoms with Crippen molar-refractivity contribution < 1.29 is 19.5 Å². The lowest BCUT2D eigenvalue weighted by molar-refractivity contribution is -0.139. The van der Waals surface area contributed by atoms with Gasteiger partial charge in [0.1, 0.15) is 0 Å². The van der Waals surface area contributed by atoms with Gasteiger partial charge >= 0.3 is 5.97 Å². The molecule has 0 fully saturated rings. The van der Waals surface area contributed by atoms with E-state index in [4.69, 9.17) is 5.11 Å². The smallest absolute Gasteiger partial charge is 0.305 e. The second-order valence-corrected chi connectivity index (χ2v) is 4.61. The molecule has 0 spiro atoms. The Labute approximate surface area is 107 Å². The fraction of sp³-hybridized carbons (Fsp3) is 0.750. The summed E-state index contributed by atoms with van der Waals surface area (Å²) >= 11 is 0. The maximum Gasteiger partial charge on any atom is 0.305 e. The second-order valence-electron chi connectivity index (χ2n) is 4.61. The zero-order valence-corrected chi connectivity index (χ0v) is 11.2. The molecule has 0 rings (SSSR count). The quantitative estimate of drug-likeness (QED) is 0.662. The highest BCUT2D eigenvalue weighted by atomic mass is 16.4. The molecule has 0 bridgehead atoms. The van der Waals surface area contributed by atoms with Crippen LogP contribution in [0.15, 0.2) is 0 Å². The Morgan fingerprint density at radius 3 is 2.28 bits per heavy atom. The summed E-state index contributed by atoms with van der Waals surface area (Å²) in [6.07, 6.45) is 0.309. The molecule has 0 aromatic heterocycles. The molecule has 104 valence electrons. The maximum atomic E-state index is 11.9. The van der Waals surface area contributed by atoms with Gasteiger partial charge < -0.3 is 15.3 Å². The van der Waals surface area contributed by atoms with Gasteiger partial charge in [0.2, 0.25) is 11.8 Å². The van der Waals surface area contributed by atoms with Gasteiger partial charge in [0.05, 0.1) is 6.42 Å². The van der Waals surface area contributed by atoms with E-state index in [9.17, 15) is 14.4 Å². The van der Waals surface area contributed by atoms with Crippen molar-refractivity contribution in [3.8, 4) is 0 Å². The van der Waals surface area contributed by atoms with E-state index in [2.05, 4.69) is 5.32 Å². The molecular weight excluding hydrogens is 236 g/mol. The number of rotatable bonds is 8. The van der Waals surface area contributed by atoms with Crippen LogP contribution in [0.3, 0.4) is 0 Å². The average Bonchev–Trinajstić information content (AvgIpc) is 2.20. The molecule has 0 aliphatic carbocycles. The molecule has 0 aromatic carbocycles. The first-order valence-corrected chi connectivity index (χ1v) is 6.07. The van der Waals surface area contributed by atoms with Gasteiger partial charge in [0.25, 0.3) is 0 Å². The molecule has 0 unspecified atom stereocenters. The van der Waals surface area contributed by atoms with Crippen LogP contribution in [0.25, 0.3) is 0 Å². The Balaban J connectivity index is 4.26. The van der Waals surface area contributed by atoms with Crippen molar-refractivity contribution in [2.45, 2.75) is 33.6 Å². The molecular formula is C12H22N2O4. The van der Waals surface area contributed by atoms with E-state index in [0.717, 1.165) is 0 Å². The van der Waals surface area contributed by atoms with Crippen LogP contribution >= 0.6 is 0 Å². The summed E-state index contributed by atoms with van der Waals surface area (Å²) in [4.78, 5) is 34.6. The summed E-state index contributed by atoms with van der Waals surface area (Å²) in [6, 6.07) is 0. The van der Waals surface area contributed by atoms with Gasteiger partial charge in [-0.05, 0) is 5.92 Å². The number of aliphatic carboxylic acids is 1. The van der Waals surface area contributed by atoms with Gasteiger partial charge in [-0.15, -0.1) is 0 Å². The third kappa shape index (κ3) is 8.55. The van der Waals surface area contributed by atoms with E-state index in [1.807, 2.05) is 13.8 Å². The van der Waals surface area contributed by atoms with Crippen LogP contribution in [-0.4, -0.2) is 47.4 Å². The van der Waals surface area contributed by atoms with E-state index < -0.39 is 5.97 Å². The summed E-state index contributed by atoms with van der Waals surface area (Å²) in [5, 5.41) is 11.2. The van der Waals surface area contributed by atoms with Crippen LogP contribution in [0.4, 0.5) is 0 Å². The molecule has 0 radical (unpaired) electrons. The first-order chi connectivity index (χ1) is 8.32. The maximum absolute atomic E-state index is 11.9. The monoisotopic (exact) mass is 258 g/mol. The number of amides is 2. The van der Waals surface area contributed by atoms with Gasteiger partial charge in [0, 0.05) is 33.0 Å². The van der Waals surface area contributed by atoms with E-state index >= 15 is 0 Å². The molecule has 6 heteroatoms. The number of carbonyl (C=O) groups is 3. The van der Waals surface area contributed by atoms with Gasteiger partial charge in [-0.3, -0.25) is 14.4 Å². The third-order valence-electron chi connectivity index (χ3n) is 2.29. The van der Waals surface area contributed by atoms with Crippen molar-refractivity contribution >= 4 is 17.8 Å². The highest BCUT2D eigenvalue weighted by Crippen LogP contribution is 2.04. The van der Waals surface area contributed by atoms with Gasteiger partial charge in [0.15, 0.2) is 0 Å². The van der Waals surface area contributed by atoms with Crippen molar-refractivity contribution in [1.29, 1.82) is 0 Å². The SMILES string of the molecule is CC(=O)NCCN(CCC(=O)O)C(=O)CC(C)C. The van der Waals surface area contributed by atoms with Crippen LogP contribution in [0.5, 0.6) is 0 Å². The van der Waals surface area contributed by atoms with Crippen LogP contribution in [0.1, 0.15) is 33.6 Å². The van der Waals surface area contributed by atoms with Crippen LogP contribution < -0.4 is 5.32 Å². The summed E-state index contributed by atoms with van der Waals surface area (Å²) in [5.41, 5.74) is 0. The normalized spacial score (nSPS) is 10.2. The second kappa shape index (κ2) is 8.49. The molecule has 2 N–H and O–H groups in total. The number of nitrogens with zero attached hydrogens (tertiary/aromatic N) is 1. The topological polar surface area (TPSA) is 86.7 Å². The zero-order chi connectivity index (χ0) is 14.1. The fourth-order valence-electron chi connectivity index (χ4n) is 1.44. The highest BCUT2D eigenvalue weighted by molar-refractivity contribution is 5.77. The Bertz CT molecular complexity index is 302. The Kier molecular flexibility index (Phi) is 7.74. The molecule has 0 atom stereocenters. The number of hydrogen-bond donors (Lipinski definition) is 2. The minimum Gasteiger partial charge on any atom is -0.481 e. The molecule has 0 aliphatic heterocycles. The van der Waals surface area contributed by atoms with Crippen molar-refractivity contribution in [1.82, 2.24) is 10.2 Å². The van der Waals surface area contributed by atoms with Crippen molar-refractivity contribution in [3.63, 3.8) is 0 Å². The minimum atomic E-state index is -0.933. The van der Waals surface area contributed by atoms with E-state index in [-0.39, 0.29) is 30.7 Å². The fourth-order valence-corrected chi connectivity index (χ4v) is 1.44. The predicted octanol–water partition coefficient (Wildman–Crippen LogP) is 0.472. The number of nitrogens with one attached hydrogen (secondary N) is 1. The lowest BCUT2D eigenvalue weighted by Crippen LogP contribution is -2.39. The van der Waals surface area contributed by atoms with E-state index in [0.29, 0.717) is 19.5 Å². The molecule has 2 amide bonds. The standard InChI is InChI=1S/C12H22N2O4/c1-9(2)8-11(16)14(6-4-12(17)18)7-5-13-10(3)15/h9H,4-8H2,1-3H3,(H,13,15)(H,17,18). The van der Waals surface area contributed by atoms with Crippen LogP contribution in [-0.2, 0) is 14.4 Å². The van der Waals surface area contributed by atoms with Crippen molar-refractivity contribution in [2.24, 2.45) is 5.92 Å². The number of carbonyl (C=O) groups excluding carboxylic acids is 2. The first-order valence-electron chi connectivity index (χ1n) is 6.07. The Morgan fingerprint density at radius 1 is 1.22 bits per heavy atom. The summed E-state index contributed by atoms with van der Waals surface area (Å²) in [7, 11) is 0. The Morgan fingerprint density at radius 2 is 1.83 bits per heavy atom. The molecule has 0 saturated heterocycles. The largest absolute Gasteiger partial charge is 0.481 e. The summed E-state index contributed by atoms with van der Waals surface area (Å²) < 4.78 is 0. The molecule has 18 heavy (non-hydrogen) atoms. The minimum absolute atomic E-state index is 0.0726. The molecule has 0 aliphatic rings. The van der Waals surface area contributed by atoms with Gasteiger partial charge in [-0.2, -0.15) is 0 Å². The van der Waals surface area contributed by atoms with Crippen LogP contribution in [0.2, 0.25) is 0 Å². The summed E-state index contributed by atoms with van der Waals surface area (Å²) in [5.74, 6) is -0.941. The number of hydrogen-bond acceptors (Lipinski definition) is 3. The average molecular weight is 258 g/mol. The van der Waals surface area contributed by atoms with Crippen molar-refractivity contribution in [2.75, 3.05) is 19.6 Å². The molecule has 0 heterocycles. The van der Waals surface area contributed by atoms with Gasteiger partial charge in [-0.1, -0.05) is 13.8 Å². The first kappa shape index (κ1) is 16.4. The molecule has 0 aromatic rings. The number of carboxylic acids is 1. The lowest BCUT2D eigenvalue weighted by Gasteiger charge is -2.23. The number of carboxylic acid groups (broad SMARTS) is 1. The highest BCUT2D eigenvalue weighted by Gasteiger charge is 2.15. The van der Waals surface area contributed by atoms with E-state index in [1.165, 1.54) is 11.8 Å². The van der Waals surface area contributed by atoms with E-state index in [1.54, 1.807) is 0 Å². The zero-order valence-electron chi connectivity index (χ0n) is 11.2. The predicted molar refractivity (Wildman–Crippen MR) is 67.0 cm³/mol. The van der Waals surface area contributed by atoms with Gasteiger partial charge in [-0.25, -0.2) is 0 Å².